The molecule has 0 atom stereocenters. The van der Waals surface area contributed by atoms with Gasteiger partial charge in [-0.3, -0.25) is 4.79 Å². The molecule has 0 radical (unpaired) electrons. The summed E-state index contributed by atoms with van der Waals surface area (Å²) in [6.07, 6.45) is 1.46. The summed E-state index contributed by atoms with van der Waals surface area (Å²) in [7, 11) is 0. The van der Waals surface area contributed by atoms with Gasteiger partial charge >= 0.3 is 0 Å². The van der Waals surface area contributed by atoms with Crippen LogP contribution in [0.3, 0.4) is 0 Å². The molecule has 0 aliphatic rings. The molecule has 0 bridgehead atoms. The summed E-state index contributed by atoms with van der Waals surface area (Å²) in [6, 6.07) is 29.8. The Morgan fingerprint density at radius 2 is 1.65 bits per heavy atom. The number of benzene rings is 4. The predicted molar refractivity (Wildman–Crippen MR) is 133 cm³/mol. The van der Waals surface area contributed by atoms with Crippen molar-refractivity contribution in [2.45, 2.75) is 6.92 Å². The number of aromatic nitrogens is 2. The van der Waals surface area contributed by atoms with Crippen LogP contribution in [0.15, 0.2) is 102 Å². The number of aryl methyl sites for hydroxylation is 1. The molecular formula is C28H21FN4O. The van der Waals surface area contributed by atoms with Crippen molar-refractivity contribution in [3.05, 3.63) is 120 Å². The Morgan fingerprint density at radius 3 is 2.44 bits per heavy atom. The van der Waals surface area contributed by atoms with Crippen molar-refractivity contribution < 1.29 is 9.18 Å². The molecule has 0 saturated heterocycles. The highest BCUT2D eigenvalue weighted by molar-refractivity contribution is 5.95. The SMILES string of the molecule is Cc1ccccc1-n1nc(C(=O)N/N=C\c2ccc(F)cc2)cc1-c1ccc2ccccc2c1. The normalized spacial score (nSPS) is 11.2. The molecular weight excluding hydrogens is 427 g/mol. The van der Waals surface area contributed by atoms with Gasteiger partial charge in [0.05, 0.1) is 17.6 Å². The molecule has 1 amide bonds. The van der Waals surface area contributed by atoms with Crippen molar-refractivity contribution in [2.24, 2.45) is 5.10 Å². The highest BCUT2D eigenvalue weighted by Gasteiger charge is 2.18. The topological polar surface area (TPSA) is 59.3 Å². The molecule has 1 aromatic heterocycles. The van der Waals surface area contributed by atoms with Gasteiger partial charge in [0.25, 0.3) is 5.91 Å². The zero-order chi connectivity index (χ0) is 23.5. The Balaban J connectivity index is 1.51. The standard InChI is InChI=1S/C28H21FN4O/c1-19-6-2-5-9-26(19)33-27(23-13-12-21-7-3-4-8-22(21)16-23)17-25(32-33)28(34)31-30-18-20-10-14-24(29)15-11-20/h2-18H,1H3,(H,31,34)/b30-18-. The molecule has 0 aliphatic carbocycles. The van der Waals surface area contributed by atoms with Gasteiger partial charge in [-0.2, -0.15) is 10.2 Å². The fraction of sp³-hybridized carbons (Fsp3) is 0.0357. The zero-order valence-electron chi connectivity index (χ0n) is 18.4. The zero-order valence-corrected chi connectivity index (χ0v) is 18.4. The van der Waals surface area contributed by atoms with Gasteiger partial charge in [-0.15, -0.1) is 0 Å². The van der Waals surface area contributed by atoms with E-state index in [4.69, 9.17) is 0 Å². The van der Waals surface area contributed by atoms with Crippen molar-refractivity contribution >= 4 is 22.9 Å². The van der Waals surface area contributed by atoms with Gasteiger partial charge in [-0.05, 0) is 59.2 Å². The molecule has 5 nitrogen and oxygen atoms in total. The first-order chi connectivity index (χ1) is 16.6. The average molecular weight is 449 g/mol. The third-order valence-corrected chi connectivity index (χ3v) is 5.58. The lowest BCUT2D eigenvalue weighted by Crippen LogP contribution is -2.18. The van der Waals surface area contributed by atoms with E-state index >= 15 is 0 Å². The lowest BCUT2D eigenvalue weighted by Gasteiger charge is -2.11. The summed E-state index contributed by atoms with van der Waals surface area (Å²) in [5.74, 6) is -0.767. The fourth-order valence-corrected chi connectivity index (χ4v) is 3.80. The minimum atomic E-state index is -0.437. The third kappa shape index (κ3) is 4.34. The number of hydrazone groups is 1. The van der Waals surface area contributed by atoms with Crippen LogP contribution in [-0.4, -0.2) is 21.9 Å². The van der Waals surface area contributed by atoms with Crippen molar-refractivity contribution in [1.82, 2.24) is 15.2 Å². The Morgan fingerprint density at radius 1 is 0.912 bits per heavy atom. The van der Waals surface area contributed by atoms with Crippen molar-refractivity contribution in [1.29, 1.82) is 0 Å². The van der Waals surface area contributed by atoms with Crippen LogP contribution in [0.1, 0.15) is 21.6 Å². The van der Waals surface area contributed by atoms with Gasteiger partial charge in [0, 0.05) is 5.56 Å². The first-order valence-electron chi connectivity index (χ1n) is 10.8. The van der Waals surface area contributed by atoms with Crippen LogP contribution in [-0.2, 0) is 0 Å². The maximum absolute atomic E-state index is 13.1. The Kier molecular flexibility index (Phi) is 5.70. The number of rotatable bonds is 5. The van der Waals surface area contributed by atoms with Crippen LogP contribution in [0.2, 0.25) is 0 Å². The number of amides is 1. The number of para-hydroxylation sites is 1. The Bertz CT molecular complexity index is 1520. The van der Waals surface area contributed by atoms with E-state index in [-0.39, 0.29) is 11.5 Å². The molecule has 6 heteroatoms. The monoisotopic (exact) mass is 448 g/mol. The van der Waals surface area contributed by atoms with Gasteiger partial charge in [-0.1, -0.05) is 66.7 Å². The molecule has 5 rings (SSSR count). The highest BCUT2D eigenvalue weighted by atomic mass is 19.1. The van der Waals surface area contributed by atoms with E-state index in [0.29, 0.717) is 5.56 Å². The van der Waals surface area contributed by atoms with E-state index in [2.05, 4.69) is 39.9 Å². The van der Waals surface area contributed by atoms with Crippen molar-refractivity contribution in [2.75, 3.05) is 0 Å². The van der Waals surface area contributed by atoms with E-state index < -0.39 is 5.91 Å². The second-order valence-electron chi connectivity index (χ2n) is 7.93. The van der Waals surface area contributed by atoms with E-state index in [9.17, 15) is 9.18 Å². The van der Waals surface area contributed by atoms with Gasteiger partial charge in [-0.25, -0.2) is 14.5 Å². The molecule has 5 aromatic rings. The van der Waals surface area contributed by atoms with Gasteiger partial charge < -0.3 is 0 Å². The summed E-state index contributed by atoms with van der Waals surface area (Å²) < 4.78 is 14.9. The molecule has 1 heterocycles. The van der Waals surface area contributed by atoms with Gasteiger partial charge in [0.1, 0.15) is 5.82 Å². The molecule has 0 saturated carbocycles. The number of fused-ring (bicyclic) bond motifs is 1. The summed E-state index contributed by atoms with van der Waals surface area (Å²) in [5.41, 5.74) is 7.09. The first kappa shape index (κ1) is 21.3. The van der Waals surface area contributed by atoms with Gasteiger partial charge in [0.2, 0.25) is 0 Å². The molecule has 0 spiro atoms. The number of carbonyl (C=O) groups excluding carboxylic acids is 1. The molecule has 0 aliphatic heterocycles. The van der Waals surface area contributed by atoms with Crippen LogP contribution in [0, 0.1) is 12.7 Å². The summed E-state index contributed by atoms with van der Waals surface area (Å²) >= 11 is 0. The van der Waals surface area contributed by atoms with Crippen LogP contribution >= 0.6 is 0 Å². The molecule has 34 heavy (non-hydrogen) atoms. The van der Waals surface area contributed by atoms with Crippen molar-refractivity contribution in [3.63, 3.8) is 0 Å². The second kappa shape index (κ2) is 9.11. The summed E-state index contributed by atoms with van der Waals surface area (Å²) in [5, 5.41) is 10.9. The molecule has 0 unspecified atom stereocenters. The lowest BCUT2D eigenvalue weighted by molar-refractivity contribution is 0.0949. The van der Waals surface area contributed by atoms with Crippen molar-refractivity contribution in [3.8, 4) is 16.9 Å². The van der Waals surface area contributed by atoms with E-state index in [0.717, 1.165) is 33.3 Å². The summed E-state index contributed by atoms with van der Waals surface area (Å²) in [4.78, 5) is 12.9. The van der Waals surface area contributed by atoms with Crippen LogP contribution in [0.25, 0.3) is 27.7 Å². The van der Waals surface area contributed by atoms with Crippen LogP contribution < -0.4 is 5.43 Å². The minimum Gasteiger partial charge on any atom is -0.265 e. The molecule has 0 fully saturated rings. The number of hydrogen-bond donors (Lipinski definition) is 1. The van der Waals surface area contributed by atoms with E-state index in [1.807, 2.05) is 49.4 Å². The number of halogens is 1. The second-order valence-corrected chi connectivity index (χ2v) is 7.93. The van der Waals surface area contributed by atoms with E-state index in [1.54, 1.807) is 22.9 Å². The fourth-order valence-electron chi connectivity index (χ4n) is 3.80. The number of nitrogens with one attached hydrogen (secondary N) is 1. The molecule has 1 N–H and O–H groups in total. The smallest absolute Gasteiger partial charge is 0.265 e. The quantitative estimate of drug-likeness (QED) is 0.269. The maximum atomic E-state index is 13.1. The van der Waals surface area contributed by atoms with E-state index in [1.165, 1.54) is 18.3 Å². The Hall–Kier alpha value is -4.58. The number of nitrogens with zero attached hydrogens (tertiary/aromatic N) is 3. The highest BCUT2D eigenvalue weighted by Crippen LogP contribution is 2.28. The molecule has 4 aromatic carbocycles. The summed E-state index contributed by atoms with van der Waals surface area (Å²) in [6.45, 7) is 2.01. The van der Waals surface area contributed by atoms with Crippen LogP contribution in [0.4, 0.5) is 4.39 Å². The van der Waals surface area contributed by atoms with Crippen LogP contribution in [0.5, 0.6) is 0 Å². The predicted octanol–water partition coefficient (Wildman–Crippen LogP) is 5.90. The minimum absolute atomic E-state index is 0.239. The molecule has 166 valence electrons. The number of carbonyl (C=O) groups is 1. The third-order valence-electron chi connectivity index (χ3n) is 5.58. The number of hydrogen-bond acceptors (Lipinski definition) is 3. The first-order valence-corrected chi connectivity index (χ1v) is 10.8. The maximum Gasteiger partial charge on any atom is 0.291 e. The average Bonchev–Trinajstić information content (AvgIpc) is 3.30. The Labute approximate surface area is 196 Å². The largest absolute Gasteiger partial charge is 0.291 e. The lowest BCUT2D eigenvalue weighted by atomic mass is 10.0. The van der Waals surface area contributed by atoms with Gasteiger partial charge in [0.15, 0.2) is 5.69 Å².